The number of hydrogen-bond donors (Lipinski definition) is 1. The molecule has 0 spiro atoms. The zero-order chi connectivity index (χ0) is 19.8. The van der Waals surface area contributed by atoms with Crippen molar-refractivity contribution in [3.63, 3.8) is 0 Å². The van der Waals surface area contributed by atoms with Crippen molar-refractivity contribution in [2.45, 2.75) is 18.5 Å². The van der Waals surface area contributed by atoms with Crippen molar-refractivity contribution in [1.82, 2.24) is 15.5 Å². The highest BCUT2D eigenvalue weighted by molar-refractivity contribution is 7.99. The molecule has 0 bridgehead atoms. The maximum absolute atomic E-state index is 12.0. The third-order valence-electron chi connectivity index (χ3n) is 3.86. The topological polar surface area (TPSA) is 64.1 Å². The number of hydrogen-bond acceptors (Lipinski definition) is 5. The van der Waals surface area contributed by atoms with Crippen LogP contribution >= 0.6 is 23.4 Å². The zero-order valence-electron chi connectivity index (χ0n) is 15.4. The van der Waals surface area contributed by atoms with Gasteiger partial charge in [-0.05, 0) is 61.0 Å². The summed E-state index contributed by atoms with van der Waals surface area (Å²) in [7, 11) is 0. The van der Waals surface area contributed by atoms with Crippen molar-refractivity contribution in [3.05, 3.63) is 71.2 Å². The average molecular weight is 414 g/mol. The van der Waals surface area contributed by atoms with Gasteiger partial charge in [-0.2, -0.15) is 0 Å². The lowest BCUT2D eigenvalue weighted by atomic mass is 10.1. The second kappa shape index (κ2) is 10.1. The van der Waals surface area contributed by atoms with Crippen molar-refractivity contribution in [2.75, 3.05) is 12.4 Å². The van der Waals surface area contributed by atoms with Gasteiger partial charge in [0.1, 0.15) is 10.8 Å². The van der Waals surface area contributed by atoms with Gasteiger partial charge < -0.3 is 10.1 Å². The first-order valence-corrected chi connectivity index (χ1v) is 10.2. The number of benzene rings is 2. The summed E-state index contributed by atoms with van der Waals surface area (Å²) in [6.45, 7) is 3.06. The molecular formula is C21H20ClN3O2S. The second-order valence-corrected chi connectivity index (χ2v) is 7.34. The summed E-state index contributed by atoms with van der Waals surface area (Å²) in [5.74, 6) is 1.05. The first-order chi connectivity index (χ1) is 13.6. The van der Waals surface area contributed by atoms with E-state index in [1.165, 1.54) is 11.8 Å². The molecule has 1 aromatic heterocycles. The summed E-state index contributed by atoms with van der Waals surface area (Å²) in [6, 6.07) is 18.9. The molecule has 0 saturated carbocycles. The molecule has 0 fully saturated rings. The van der Waals surface area contributed by atoms with E-state index in [-0.39, 0.29) is 11.7 Å². The molecule has 0 aliphatic carbocycles. The lowest BCUT2D eigenvalue weighted by Gasteiger charge is -2.06. The van der Waals surface area contributed by atoms with Crippen LogP contribution in [0.3, 0.4) is 0 Å². The van der Waals surface area contributed by atoms with Gasteiger partial charge in [-0.25, -0.2) is 0 Å². The van der Waals surface area contributed by atoms with Crippen LogP contribution < -0.4 is 10.1 Å². The van der Waals surface area contributed by atoms with Gasteiger partial charge in [0.25, 0.3) is 0 Å². The van der Waals surface area contributed by atoms with Crippen LogP contribution in [-0.4, -0.2) is 28.5 Å². The van der Waals surface area contributed by atoms with Gasteiger partial charge in [-0.1, -0.05) is 35.5 Å². The monoisotopic (exact) mass is 413 g/mol. The summed E-state index contributed by atoms with van der Waals surface area (Å²) in [6.07, 6.45) is 0. The Morgan fingerprint density at radius 2 is 1.79 bits per heavy atom. The Hall–Kier alpha value is -2.57. The Labute approximate surface area is 173 Å². The molecule has 1 amide bonds. The number of nitrogens with one attached hydrogen (secondary N) is 1. The number of halogens is 1. The largest absolute Gasteiger partial charge is 0.494 e. The van der Waals surface area contributed by atoms with Gasteiger partial charge in [0.15, 0.2) is 0 Å². The average Bonchev–Trinajstić information content (AvgIpc) is 2.73. The summed E-state index contributed by atoms with van der Waals surface area (Å²) in [4.78, 5) is 12.0. The number of carbonyl (C=O) groups excluding carboxylic acids is 1. The molecule has 144 valence electrons. The first kappa shape index (κ1) is 20.2. The Morgan fingerprint density at radius 1 is 1.04 bits per heavy atom. The predicted molar refractivity (Wildman–Crippen MR) is 113 cm³/mol. The fourth-order valence-corrected chi connectivity index (χ4v) is 3.20. The van der Waals surface area contributed by atoms with Gasteiger partial charge in [0.05, 0.1) is 18.1 Å². The van der Waals surface area contributed by atoms with Crippen molar-refractivity contribution in [3.8, 4) is 17.0 Å². The quantitative estimate of drug-likeness (QED) is 0.546. The van der Waals surface area contributed by atoms with E-state index in [1.54, 1.807) is 12.1 Å². The van der Waals surface area contributed by atoms with Crippen LogP contribution in [0.15, 0.2) is 65.7 Å². The minimum Gasteiger partial charge on any atom is -0.494 e. The minimum atomic E-state index is -0.0580. The van der Waals surface area contributed by atoms with E-state index in [0.717, 1.165) is 22.6 Å². The van der Waals surface area contributed by atoms with E-state index >= 15 is 0 Å². The number of carbonyl (C=O) groups is 1. The molecule has 0 atom stereocenters. The van der Waals surface area contributed by atoms with E-state index < -0.39 is 0 Å². The van der Waals surface area contributed by atoms with E-state index in [9.17, 15) is 4.79 Å². The fourth-order valence-electron chi connectivity index (χ4n) is 2.43. The van der Waals surface area contributed by atoms with E-state index in [4.69, 9.17) is 16.3 Å². The molecule has 0 aliphatic heterocycles. The zero-order valence-corrected chi connectivity index (χ0v) is 17.0. The Kier molecular flexibility index (Phi) is 7.28. The molecule has 5 nitrogen and oxygen atoms in total. The minimum absolute atomic E-state index is 0.0580. The molecule has 28 heavy (non-hydrogen) atoms. The highest BCUT2D eigenvalue weighted by Crippen LogP contribution is 2.22. The molecule has 0 unspecified atom stereocenters. The molecule has 3 aromatic rings. The Bertz CT molecular complexity index is 900. The normalized spacial score (nSPS) is 10.5. The number of aromatic nitrogens is 2. The van der Waals surface area contributed by atoms with Crippen LogP contribution in [0.2, 0.25) is 5.02 Å². The summed E-state index contributed by atoms with van der Waals surface area (Å²) in [5.41, 5.74) is 2.75. The molecule has 1 N–H and O–H groups in total. The number of nitrogens with zero attached hydrogens (tertiary/aromatic N) is 2. The number of rotatable bonds is 8. The lowest BCUT2D eigenvalue weighted by molar-refractivity contribution is -0.118. The van der Waals surface area contributed by atoms with Crippen molar-refractivity contribution in [2.24, 2.45) is 0 Å². The first-order valence-electron chi connectivity index (χ1n) is 8.85. The van der Waals surface area contributed by atoms with Gasteiger partial charge in [-0.3, -0.25) is 4.79 Å². The molecule has 1 heterocycles. The number of ether oxygens (including phenoxy) is 1. The summed E-state index contributed by atoms with van der Waals surface area (Å²) < 4.78 is 5.44. The van der Waals surface area contributed by atoms with Crippen molar-refractivity contribution >= 4 is 29.3 Å². The van der Waals surface area contributed by atoms with Crippen LogP contribution in [0.1, 0.15) is 12.5 Å². The summed E-state index contributed by atoms with van der Waals surface area (Å²) in [5, 5.41) is 12.7. The maximum Gasteiger partial charge on any atom is 0.230 e. The van der Waals surface area contributed by atoms with Crippen molar-refractivity contribution in [1.29, 1.82) is 0 Å². The molecular weight excluding hydrogens is 394 g/mol. The highest BCUT2D eigenvalue weighted by atomic mass is 35.5. The smallest absolute Gasteiger partial charge is 0.230 e. The van der Waals surface area contributed by atoms with E-state index in [2.05, 4.69) is 15.5 Å². The summed E-state index contributed by atoms with van der Waals surface area (Å²) >= 11 is 7.20. The van der Waals surface area contributed by atoms with Crippen LogP contribution in [0.4, 0.5) is 0 Å². The second-order valence-electron chi connectivity index (χ2n) is 5.91. The third kappa shape index (κ3) is 5.97. The molecule has 3 rings (SSSR count). The van der Waals surface area contributed by atoms with Gasteiger partial charge >= 0.3 is 0 Å². The molecule has 0 radical (unpaired) electrons. The Balaban J connectivity index is 1.48. The van der Waals surface area contributed by atoms with E-state index in [0.29, 0.717) is 23.2 Å². The predicted octanol–water partition coefficient (Wildman–Crippen LogP) is 4.60. The van der Waals surface area contributed by atoms with Crippen LogP contribution in [-0.2, 0) is 11.3 Å². The third-order valence-corrected chi connectivity index (χ3v) is 5.03. The highest BCUT2D eigenvalue weighted by Gasteiger charge is 2.06. The number of amides is 1. The molecule has 7 heteroatoms. The van der Waals surface area contributed by atoms with Crippen LogP contribution in [0.5, 0.6) is 5.75 Å². The maximum atomic E-state index is 12.0. The van der Waals surface area contributed by atoms with Gasteiger partial charge in [-0.15, -0.1) is 10.2 Å². The van der Waals surface area contributed by atoms with Crippen LogP contribution in [0, 0.1) is 0 Å². The molecule has 0 saturated heterocycles. The van der Waals surface area contributed by atoms with Crippen LogP contribution in [0.25, 0.3) is 11.3 Å². The van der Waals surface area contributed by atoms with Gasteiger partial charge in [0.2, 0.25) is 5.91 Å². The van der Waals surface area contributed by atoms with Gasteiger partial charge in [0, 0.05) is 17.1 Å². The molecule has 0 aliphatic rings. The number of thioether (sulfide) groups is 1. The molecule has 2 aromatic carbocycles. The lowest BCUT2D eigenvalue weighted by Crippen LogP contribution is -2.24. The standard InChI is InChI=1S/C21H20ClN3O2S/c1-2-27-18-9-5-16(6-10-18)19-11-12-21(25-24-19)28-14-20(26)23-13-15-3-7-17(22)8-4-15/h3-12H,2,13-14H2,1H3,(H,23,26). The van der Waals surface area contributed by atoms with E-state index in [1.807, 2.05) is 55.5 Å². The SMILES string of the molecule is CCOc1ccc(-c2ccc(SCC(=O)NCc3ccc(Cl)cc3)nn2)cc1. The van der Waals surface area contributed by atoms with Crippen molar-refractivity contribution < 1.29 is 9.53 Å². The fraction of sp³-hybridized carbons (Fsp3) is 0.190. The Morgan fingerprint density at radius 3 is 2.43 bits per heavy atom.